The number of carbonyl (C=O) groups excluding carboxylic acids is 1. The first-order valence-corrected chi connectivity index (χ1v) is 7.52. The van der Waals surface area contributed by atoms with Gasteiger partial charge < -0.3 is 10.2 Å². The number of hydrogen-bond acceptors (Lipinski definition) is 5. The van der Waals surface area contributed by atoms with Gasteiger partial charge >= 0.3 is 0 Å². The third-order valence-corrected chi connectivity index (χ3v) is 3.97. The van der Waals surface area contributed by atoms with E-state index in [1.165, 1.54) is 18.1 Å². The zero-order chi connectivity index (χ0) is 15.2. The Hall–Kier alpha value is -2.50. The maximum atomic E-state index is 11.9. The van der Waals surface area contributed by atoms with Gasteiger partial charge in [-0.1, -0.05) is 0 Å². The summed E-state index contributed by atoms with van der Waals surface area (Å²) in [6, 6.07) is 4.05. The van der Waals surface area contributed by atoms with Gasteiger partial charge in [0.05, 0.1) is 18.1 Å². The molecular formula is C16H19N5O. The summed E-state index contributed by atoms with van der Waals surface area (Å²) in [7, 11) is 0. The Labute approximate surface area is 129 Å². The SMILES string of the molecule is O=C(NCC1CCN(c2cccnc2)CC1)c1cnccn1. The van der Waals surface area contributed by atoms with Crippen LogP contribution < -0.4 is 10.2 Å². The quantitative estimate of drug-likeness (QED) is 0.926. The van der Waals surface area contributed by atoms with Crippen molar-refractivity contribution in [3.8, 4) is 0 Å². The summed E-state index contributed by atoms with van der Waals surface area (Å²) in [5.41, 5.74) is 1.54. The Bertz CT molecular complexity index is 596. The van der Waals surface area contributed by atoms with Crippen molar-refractivity contribution < 1.29 is 4.79 Å². The van der Waals surface area contributed by atoms with Gasteiger partial charge in [-0.15, -0.1) is 0 Å². The summed E-state index contributed by atoms with van der Waals surface area (Å²) in [5.74, 6) is 0.358. The van der Waals surface area contributed by atoms with Crippen LogP contribution >= 0.6 is 0 Å². The molecule has 22 heavy (non-hydrogen) atoms. The molecule has 0 spiro atoms. The topological polar surface area (TPSA) is 71.0 Å². The van der Waals surface area contributed by atoms with Crippen molar-refractivity contribution in [1.82, 2.24) is 20.3 Å². The minimum Gasteiger partial charge on any atom is -0.370 e. The first kappa shape index (κ1) is 14.4. The highest BCUT2D eigenvalue weighted by atomic mass is 16.1. The van der Waals surface area contributed by atoms with Gasteiger partial charge in [0.25, 0.3) is 5.91 Å². The van der Waals surface area contributed by atoms with E-state index in [-0.39, 0.29) is 5.91 Å². The van der Waals surface area contributed by atoms with Crippen LogP contribution in [0.25, 0.3) is 0 Å². The number of rotatable bonds is 4. The summed E-state index contributed by atoms with van der Waals surface area (Å²) in [6.07, 6.45) is 10.4. The molecule has 0 bridgehead atoms. The summed E-state index contributed by atoms with van der Waals surface area (Å²) in [6.45, 7) is 2.69. The number of nitrogens with one attached hydrogen (secondary N) is 1. The molecule has 0 aliphatic carbocycles. The van der Waals surface area contributed by atoms with Crippen molar-refractivity contribution in [2.24, 2.45) is 5.92 Å². The molecule has 1 aliphatic heterocycles. The standard InChI is InChI=1S/C16H19N5O/c22-16(15-12-18-6-7-19-15)20-10-13-3-8-21(9-4-13)14-2-1-5-17-11-14/h1-2,5-7,11-13H,3-4,8-10H2,(H,20,22). The Kier molecular flexibility index (Phi) is 4.58. The van der Waals surface area contributed by atoms with Crippen molar-refractivity contribution in [2.45, 2.75) is 12.8 Å². The fraction of sp³-hybridized carbons (Fsp3) is 0.375. The molecule has 3 rings (SSSR count). The molecule has 1 N–H and O–H groups in total. The van der Waals surface area contributed by atoms with E-state index in [0.29, 0.717) is 18.2 Å². The normalized spacial score (nSPS) is 15.5. The van der Waals surface area contributed by atoms with Gasteiger partial charge in [-0.2, -0.15) is 0 Å². The number of anilines is 1. The lowest BCUT2D eigenvalue weighted by Gasteiger charge is -2.33. The smallest absolute Gasteiger partial charge is 0.271 e. The number of hydrogen-bond donors (Lipinski definition) is 1. The van der Waals surface area contributed by atoms with Crippen molar-refractivity contribution in [3.05, 3.63) is 48.8 Å². The third kappa shape index (κ3) is 3.58. The number of amides is 1. The van der Waals surface area contributed by atoms with Crippen LogP contribution in [0.5, 0.6) is 0 Å². The van der Waals surface area contributed by atoms with Crippen LogP contribution in [0.3, 0.4) is 0 Å². The second-order valence-corrected chi connectivity index (χ2v) is 5.44. The second-order valence-electron chi connectivity index (χ2n) is 5.44. The molecule has 0 aromatic carbocycles. The van der Waals surface area contributed by atoms with E-state index >= 15 is 0 Å². The van der Waals surface area contributed by atoms with Gasteiger partial charge in [-0.25, -0.2) is 4.98 Å². The van der Waals surface area contributed by atoms with Crippen LogP contribution in [-0.2, 0) is 0 Å². The molecule has 0 atom stereocenters. The number of nitrogens with zero attached hydrogens (tertiary/aromatic N) is 4. The molecule has 0 radical (unpaired) electrons. The van der Waals surface area contributed by atoms with Crippen LogP contribution in [0.4, 0.5) is 5.69 Å². The average molecular weight is 297 g/mol. The molecular weight excluding hydrogens is 278 g/mol. The molecule has 0 unspecified atom stereocenters. The largest absolute Gasteiger partial charge is 0.370 e. The second kappa shape index (κ2) is 6.98. The highest BCUT2D eigenvalue weighted by Crippen LogP contribution is 2.21. The lowest BCUT2D eigenvalue weighted by atomic mass is 9.96. The van der Waals surface area contributed by atoms with Gasteiger partial charge in [-0.3, -0.25) is 14.8 Å². The van der Waals surface area contributed by atoms with Gasteiger partial charge in [0.2, 0.25) is 0 Å². The van der Waals surface area contributed by atoms with Crippen LogP contribution in [0.1, 0.15) is 23.3 Å². The van der Waals surface area contributed by atoms with Gasteiger partial charge in [-0.05, 0) is 30.9 Å². The van der Waals surface area contributed by atoms with Crippen LogP contribution in [0, 0.1) is 5.92 Å². The fourth-order valence-electron chi connectivity index (χ4n) is 2.68. The Morgan fingerprint density at radius 3 is 2.68 bits per heavy atom. The molecule has 6 nitrogen and oxygen atoms in total. The molecule has 1 fully saturated rings. The molecule has 3 heterocycles. The van der Waals surface area contributed by atoms with Gasteiger partial charge in [0, 0.05) is 38.2 Å². The molecule has 114 valence electrons. The van der Waals surface area contributed by atoms with Crippen LogP contribution in [0.2, 0.25) is 0 Å². The number of aromatic nitrogens is 3. The maximum Gasteiger partial charge on any atom is 0.271 e. The molecule has 1 aliphatic rings. The monoisotopic (exact) mass is 297 g/mol. The lowest BCUT2D eigenvalue weighted by Crippen LogP contribution is -2.38. The van der Waals surface area contributed by atoms with Gasteiger partial charge in [0.1, 0.15) is 5.69 Å². The van der Waals surface area contributed by atoms with Crippen LogP contribution in [0.15, 0.2) is 43.1 Å². The molecule has 2 aromatic heterocycles. The van der Waals surface area contributed by atoms with E-state index in [1.54, 1.807) is 12.4 Å². The Balaban J connectivity index is 1.45. The molecule has 1 amide bonds. The summed E-state index contributed by atoms with van der Waals surface area (Å²) in [4.78, 5) is 26.4. The highest BCUT2D eigenvalue weighted by Gasteiger charge is 2.20. The lowest BCUT2D eigenvalue weighted by molar-refractivity contribution is 0.0939. The average Bonchev–Trinajstić information content (AvgIpc) is 2.61. The van der Waals surface area contributed by atoms with E-state index in [9.17, 15) is 4.79 Å². The van der Waals surface area contributed by atoms with E-state index in [2.05, 4.69) is 31.2 Å². The molecule has 1 saturated heterocycles. The minimum absolute atomic E-state index is 0.150. The summed E-state index contributed by atoms with van der Waals surface area (Å²) >= 11 is 0. The predicted molar refractivity (Wildman–Crippen MR) is 83.5 cm³/mol. The zero-order valence-electron chi connectivity index (χ0n) is 12.4. The van der Waals surface area contributed by atoms with Crippen molar-refractivity contribution in [1.29, 1.82) is 0 Å². The van der Waals surface area contributed by atoms with Crippen molar-refractivity contribution in [3.63, 3.8) is 0 Å². The van der Waals surface area contributed by atoms with Gasteiger partial charge in [0.15, 0.2) is 0 Å². The zero-order valence-corrected chi connectivity index (χ0v) is 12.4. The predicted octanol–water partition coefficient (Wildman–Crippen LogP) is 1.52. The highest BCUT2D eigenvalue weighted by molar-refractivity contribution is 5.91. The van der Waals surface area contributed by atoms with E-state index in [0.717, 1.165) is 25.9 Å². The van der Waals surface area contributed by atoms with E-state index < -0.39 is 0 Å². The third-order valence-electron chi connectivity index (χ3n) is 3.97. The summed E-state index contributed by atoms with van der Waals surface area (Å²) in [5, 5.41) is 2.95. The van der Waals surface area contributed by atoms with E-state index in [4.69, 9.17) is 0 Å². The maximum absolute atomic E-state index is 11.9. The summed E-state index contributed by atoms with van der Waals surface area (Å²) < 4.78 is 0. The number of carbonyl (C=O) groups is 1. The van der Waals surface area contributed by atoms with Crippen molar-refractivity contribution in [2.75, 3.05) is 24.5 Å². The van der Waals surface area contributed by atoms with E-state index in [1.807, 2.05) is 12.3 Å². The number of pyridine rings is 1. The molecule has 2 aromatic rings. The molecule has 0 saturated carbocycles. The van der Waals surface area contributed by atoms with Crippen LogP contribution in [-0.4, -0.2) is 40.5 Å². The van der Waals surface area contributed by atoms with Crippen molar-refractivity contribution >= 4 is 11.6 Å². The number of piperidine rings is 1. The first-order valence-electron chi connectivity index (χ1n) is 7.52. The Morgan fingerprint density at radius 1 is 1.18 bits per heavy atom. The Morgan fingerprint density at radius 2 is 2.00 bits per heavy atom. The first-order chi connectivity index (χ1) is 10.8. The molecule has 6 heteroatoms. The minimum atomic E-state index is -0.150. The fourth-order valence-corrected chi connectivity index (χ4v) is 2.68.